The Morgan fingerprint density at radius 3 is 2.83 bits per heavy atom. The third kappa shape index (κ3) is 5.15. The number of aliphatic hydroxyl groups is 1. The van der Waals surface area contributed by atoms with Crippen molar-refractivity contribution in [2.45, 2.75) is 63.3 Å². The maximum Gasteiger partial charge on any atom is 0.322 e. The summed E-state index contributed by atoms with van der Waals surface area (Å²) in [6, 6.07) is 2.46. The van der Waals surface area contributed by atoms with Gasteiger partial charge in [0.2, 0.25) is 5.69 Å². The number of hydrogen-bond donors (Lipinski definition) is 2. The SMILES string of the molecule is [C-]#[N+]c1cc(NC(=O)N2Cc3c(nn4c3C(F)(F)CC[C@](O)(COCC(F)F)C4)C[C@H]2C)ccc1F. The summed E-state index contributed by atoms with van der Waals surface area (Å²) < 4.78 is 74.8. The van der Waals surface area contributed by atoms with Gasteiger partial charge in [-0.1, -0.05) is 0 Å². The molecule has 0 spiro atoms. The lowest BCUT2D eigenvalue weighted by atomic mass is 9.94. The normalized spacial score (nSPS) is 23.0. The van der Waals surface area contributed by atoms with E-state index in [1.165, 1.54) is 17.0 Å². The molecule has 13 heteroatoms. The topological polar surface area (TPSA) is 84.0 Å². The van der Waals surface area contributed by atoms with Crippen LogP contribution in [-0.4, -0.2) is 57.1 Å². The minimum absolute atomic E-state index is 0.159. The van der Waals surface area contributed by atoms with Gasteiger partial charge in [0.05, 0.1) is 32.0 Å². The first-order chi connectivity index (χ1) is 16.9. The molecule has 0 fully saturated rings. The van der Waals surface area contributed by atoms with E-state index in [0.29, 0.717) is 5.69 Å². The van der Waals surface area contributed by atoms with E-state index in [1.54, 1.807) is 6.92 Å². The van der Waals surface area contributed by atoms with E-state index in [1.807, 2.05) is 0 Å². The van der Waals surface area contributed by atoms with Crippen LogP contribution in [0.1, 0.15) is 36.7 Å². The highest BCUT2D eigenvalue weighted by Gasteiger charge is 2.48. The summed E-state index contributed by atoms with van der Waals surface area (Å²) in [4.78, 5) is 17.4. The van der Waals surface area contributed by atoms with Gasteiger partial charge < -0.3 is 20.1 Å². The smallest absolute Gasteiger partial charge is 0.322 e. The van der Waals surface area contributed by atoms with Gasteiger partial charge in [-0.15, -0.1) is 0 Å². The average Bonchev–Trinajstić information content (AvgIpc) is 3.10. The van der Waals surface area contributed by atoms with Gasteiger partial charge in [0.15, 0.2) is 0 Å². The molecular formula is C23H24F5N5O3. The zero-order chi connectivity index (χ0) is 26.3. The Labute approximate surface area is 203 Å². The van der Waals surface area contributed by atoms with Crippen molar-refractivity contribution in [3.05, 3.63) is 52.4 Å². The largest absolute Gasteiger partial charge is 0.386 e. The van der Waals surface area contributed by atoms with Gasteiger partial charge in [-0.3, -0.25) is 4.68 Å². The molecule has 36 heavy (non-hydrogen) atoms. The highest BCUT2D eigenvalue weighted by atomic mass is 19.3. The Morgan fingerprint density at radius 2 is 2.14 bits per heavy atom. The van der Waals surface area contributed by atoms with Crippen molar-refractivity contribution in [2.24, 2.45) is 0 Å². The number of alkyl halides is 4. The van der Waals surface area contributed by atoms with Gasteiger partial charge >= 0.3 is 6.03 Å². The number of urea groups is 1. The summed E-state index contributed by atoms with van der Waals surface area (Å²) in [5, 5.41) is 17.7. The number of ether oxygens (including phenoxy) is 1. The van der Waals surface area contributed by atoms with Crippen LogP contribution in [-0.2, 0) is 30.2 Å². The number of hydrogen-bond acceptors (Lipinski definition) is 4. The van der Waals surface area contributed by atoms with Gasteiger partial charge in [-0.2, -0.15) is 13.9 Å². The van der Waals surface area contributed by atoms with Crippen molar-refractivity contribution >= 4 is 17.4 Å². The summed E-state index contributed by atoms with van der Waals surface area (Å²) in [5.41, 5.74) is -1.82. The average molecular weight is 513 g/mol. The zero-order valence-corrected chi connectivity index (χ0v) is 19.3. The number of nitrogens with one attached hydrogen (secondary N) is 1. The van der Waals surface area contributed by atoms with Crippen LogP contribution in [0.4, 0.5) is 38.1 Å². The highest BCUT2D eigenvalue weighted by Crippen LogP contribution is 2.43. The second kappa shape index (κ2) is 9.67. The molecule has 2 N–H and O–H groups in total. The minimum Gasteiger partial charge on any atom is -0.386 e. The van der Waals surface area contributed by atoms with Crippen molar-refractivity contribution in [1.29, 1.82) is 0 Å². The number of nitrogens with zero attached hydrogens (tertiary/aromatic N) is 4. The van der Waals surface area contributed by atoms with Gasteiger partial charge in [0, 0.05) is 30.1 Å². The lowest BCUT2D eigenvalue weighted by Gasteiger charge is -2.33. The molecule has 1 aromatic heterocycles. The first-order valence-corrected chi connectivity index (χ1v) is 11.2. The Morgan fingerprint density at radius 1 is 1.39 bits per heavy atom. The molecule has 194 valence electrons. The monoisotopic (exact) mass is 513 g/mol. The highest BCUT2D eigenvalue weighted by molar-refractivity contribution is 5.90. The van der Waals surface area contributed by atoms with Crippen LogP contribution >= 0.6 is 0 Å². The summed E-state index contributed by atoms with van der Waals surface area (Å²) in [6.07, 6.45) is -3.74. The fraction of sp³-hybridized carbons (Fsp3) is 0.522. The maximum atomic E-state index is 15.3. The summed E-state index contributed by atoms with van der Waals surface area (Å²) in [7, 11) is 0. The fourth-order valence-electron chi connectivity index (χ4n) is 4.58. The van der Waals surface area contributed by atoms with E-state index in [0.717, 1.165) is 10.7 Å². The van der Waals surface area contributed by atoms with Crippen LogP contribution in [0.3, 0.4) is 0 Å². The molecule has 4 rings (SSSR count). The first kappa shape index (κ1) is 25.8. The molecule has 1 aromatic carbocycles. The Kier molecular flexibility index (Phi) is 6.94. The molecule has 0 unspecified atom stereocenters. The van der Waals surface area contributed by atoms with E-state index >= 15 is 8.78 Å². The van der Waals surface area contributed by atoms with Crippen LogP contribution in [0.2, 0.25) is 0 Å². The van der Waals surface area contributed by atoms with Crippen LogP contribution in [0.5, 0.6) is 0 Å². The molecule has 2 amide bonds. The molecule has 0 saturated heterocycles. The number of aromatic nitrogens is 2. The molecule has 0 aliphatic carbocycles. The Hall–Kier alpha value is -3.24. The molecule has 0 bridgehead atoms. The van der Waals surface area contributed by atoms with Gasteiger partial charge in [-0.25, -0.2) is 22.8 Å². The van der Waals surface area contributed by atoms with Crippen molar-refractivity contribution < 1.29 is 36.6 Å². The minimum atomic E-state index is -3.39. The standard InChI is InChI=1S/C23H24F5N5O3/c1-13-7-17-15(9-32(13)21(34)30-14-3-4-16(24)18(8-14)29-2)20-23(27,28)6-5-22(35,11-33(20)31-17)12-36-10-19(25)26/h3-4,8,13,19,35H,5-7,9-12H2,1H3,(H,30,34)/t13-,22-/m1/s1. The van der Waals surface area contributed by atoms with E-state index < -0.39 is 67.6 Å². The quantitative estimate of drug-likeness (QED) is 0.457. The molecule has 0 saturated carbocycles. The second-order valence-corrected chi connectivity index (χ2v) is 9.16. The zero-order valence-electron chi connectivity index (χ0n) is 19.3. The van der Waals surface area contributed by atoms with Crippen molar-refractivity contribution in [2.75, 3.05) is 18.5 Å². The molecule has 3 heterocycles. The number of halogens is 5. The van der Waals surface area contributed by atoms with Crippen molar-refractivity contribution in [1.82, 2.24) is 14.7 Å². The maximum absolute atomic E-state index is 15.3. The molecule has 2 atom stereocenters. The van der Waals surface area contributed by atoms with E-state index in [2.05, 4.69) is 15.3 Å². The third-order valence-corrected chi connectivity index (χ3v) is 6.37. The van der Waals surface area contributed by atoms with Crippen LogP contribution in [0.25, 0.3) is 4.85 Å². The van der Waals surface area contributed by atoms with Crippen LogP contribution < -0.4 is 5.32 Å². The summed E-state index contributed by atoms with van der Waals surface area (Å²) >= 11 is 0. The molecule has 0 radical (unpaired) electrons. The molecule has 8 nitrogen and oxygen atoms in total. The molecule has 2 aromatic rings. The summed E-state index contributed by atoms with van der Waals surface area (Å²) in [5.74, 6) is -4.12. The molecule has 2 aliphatic heterocycles. The predicted octanol–water partition coefficient (Wildman–Crippen LogP) is 4.45. The van der Waals surface area contributed by atoms with Gasteiger partial charge in [0.25, 0.3) is 12.3 Å². The van der Waals surface area contributed by atoms with E-state index in [4.69, 9.17) is 11.3 Å². The Balaban J connectivity index is 1.58. The van der Waals surface area contributed by atoms with Crippen molar-refractivity contribution in [3.8, 4) is 0 Å². The first-order valence-electron chi connectivity index (χ1n) is 11.2. The lowest BCUT2D eigenvalue weighted by molar-refractivity contribution is -0.0927. The number of amides is 2. The molecular weight excluding hydrogens is 489 g/mol. The van der Waals surface area contributed by atoms with E-state index in [9.17, 15) is 23.1 Å². The van der Waals surface area contributed by atoms with E-state index in [-0.39, 0.29) is 36.4 Å². The predicted molar refractivity (Wildman–Crippen MR) is 118 cm³/mol. The Bertz CT molecular complexity index is 1200. The second-order valence-electron chi connectivity index (χ2n) is 9.16. The van der Waals surface area contributed by atoms with Gasteiger partial charge in [0.1, 0.15) is 23.7 Å². The summed E-state index contributed by atoms with van der Waals surface area (Å²) in [6.45, 7) is 6.69. The number of rotatable bonds is 5. The third-order valence-electron chi connectivity index (χ3n) is 6.37. The number of benzene rings is 1. The number of carbonyl (C=O) groups excluding carboxylic acids is 1. The molecule has 2 aliphatic rings. The number of anilines is 1. The lowest BCUT2D eigenvalue weighted by Crippen LogP contribution is -2.45. The van der Waals surface area contributed by atoms with Crippen LogP contribution in [0, 0.1) is 12.4 Å². The number of fused-ring (bicyclic) bond motifs is 3. The van der Waals surface area contributed by atoms with Crippen LogP contribution in [0.15, 0.2) is 18.2 Å². The fourth-order valence-corrected chi connectivity index (χ4v) is 4.58. The number of carbonyl (C=O) groups is 1. The van der Waals surface area contributed by atoms with Gasteiger partial charge in [-0.05, 0) is 31.5 Å². The van der Waals surface area contributed by atoms with Crippen molar-refractivity contribution in [3.63, 3.8) is 0 Å².